The van der Waals surface area contributed by atoms with Gasteiger partial charge in [-0.05, 0) is 24.0 Å². The number of aliphatic imine (C=N–C) groups is 1. The van der Waals surface area contributed by atoms with Gasteiger partial charge in [-0.25, -0.2) is 0 Å². The smallest absolute Gasteiger partial charge is 0.193 e. The summed E-state index contributed by atoms with van der Waals surface area (Å²) in [5, 5.41) is 7.78. The Morgan fingerprint density at radius 3 is 2.87 bits per heavy atom. The number of nitrogens with zero attached hydrogens (tertiary/aromatic N) is 4. The van der Waals surface area contributed by atoms with Crippen molar-refractivity contribution in [1.29, 1.82) is 0 Å². The molecule has 0 radical (unpaired) electrons. The lowest BCUT2D eigenvalue weighted by molar-refractivity contribution is 0.486. The van der Waals surface area contributed by atoms with Gasteiger partial charge in [-0.1, -0.05) is 30.3 Å². The zero-order valence-corrected chi connectivity index (χ0v) is 13.9. The molecule has 1 saturated heterocycles. The Hall–Kier alpha value is -2.30. The first kappa shape index (κ1) is 15.6. The molecule has 0 bridgehead atoms. The number of guanidine groups is 1. The number of nitrogens with one attached hydrogen (secondary N) is 1. The van der Waals surface area contributed by atoms with Crippen molar-refractivity contribution in [3.63, 3.8) is 0 Å². The average Bonchev–Trinajstić information content (AvgIpc) is 3.21. The van der Waals surface area contributed by atoms with Gasteiger partial charge in [0.25, 0.3) is 0 Å². The van der Waals surface area contributed by atoms with Gasteiger partial charge in [0.05, 0.1) is 6.20 Å². The van der Waals surface area contributed by atoms with Crippen LogP contribution in [0.2, 0.25) is 0 Å². The minimum atomic E-state index is 0.552. The van der Waals surface area contributed by atoms with Gasteiger partial charge in [0.1, 0.15) is 0 Å². The number of likely N-dealkylation sites (tertiary alicyclic amines) is 1. The topological polar surface area (TPSA) is 45.5 Å². The predicted octanol–water partition coefficient (Wildman–Crippen LogP) is 2.03. The van der Waals surface area contributed by atoms with Gasteiger partial charge in [0.15, 0.2) is 5.96 Å². The molecular formula is C18H25N5. The molecule has 1 aromatic heterocycles. The number of rotatable bonds is 4. The van der Waals surface area contributed by atoms with E-state index in [1.54, 1.807) is 0 Å². The molecule has 1 N–H and O–H groups in total. The minimum Gasteiger partial charge on any atom is -0.356 e. The van der Waals surface area contributed by atoms with Crippen LogP contribution in [-0.4, -0.2) is 47.3 Å². The Morgan fingerprint density at radius 2 is 2.17 bits per heavy atom. The van der Waals surface area contributed by atoms with E-state index in [1.807, 2.05) is 25.0 Å². The van der Waals surface area contributed by atoms with Crippen molar-refractivity contribution in [2.75, 3.05) is 26.7 Å². The molecule has 5 nitrogen and oxygen atoms in total. The molecule has 0 amide bonds. The van der Waals surface area contributed by atoms with Gasteiger partial charge in [0.2, 0.25) is 0 Å². The normalized spacial score (nSPS) is 18.4. The lowest BCUT2D eigenvalue weighted by Gasteiger charge is -2.21. The second-order valence-electron chi connectivity index (χ2n) is 6.09. The fourth-order valence-electron chi connectivity index (χ4n) is 3.17. The van der Waals surface area contributed by atoms with Gasteiger partial charge in [-0.3, -0.25) is 9.67 Å². The summed E-state index contributed by atoms with van der Waals surface area (Å²) in [6, 6.07) is 10.6. The third-order valence-electron chi connectivity index (χ3n) is 4.44. The molecule has 0 saturated carbocycles. The highest BCUT2D eigenvalue weighted by Gasteiger charge is 2.26. The molecule has 3 rings (SSSR count). The van der Waals surface area contributed by atoms with Crippen LogP contribution in [-0.2, 0) is 13.5 Å². The van der Waals surface area contributed by atoms with Gasteiger partial charge < -0.3 is 10.2 Å². The van der Waals surface area contributed by atoms with E-state index in [0.717, 1.165) is 38.4 Å². The van der Waals surface area contributed by atoms with Crippen molar-refractivity contribution >= 4 is 5.96 Å². The Balaban J connectivity index is 1.51. The predicted molar refractivity (Wildman–Crippen MR) is 93.6 cm³/mol. The van der Waals surface area contributed by atoms with Crippen molar-refractivity contribution in [2.45, 2.75) is 18.8 Å². The average molecular weight is 311 g/mol. The summed E-state index contributed by atoms with van der Waals surface area (Å²) in [5.41, 5.74) is 2.68. The largest absolute Gasteiger partial charge is 0.356 e. The zero-order valence-electron chi connectivity index (χ0n) is 13.9. The summed E-state index contributed by atoms with van der Waals surface area (Å²) in [5.74, 6) is 1.56. The fourth-order valence-corrected chi connectivity index (χ4v) is 3.17. The maximum Gasteiger partial charge on any atom is 0.193 e. The third-order valence-corrected chi connectivity index (χ3v) is 4.44. The summed E-state index contributed by atoms with van der Waals surface area (Å²) in [7, 11) is 3.84. The molecule has 1 aliphatic rings. The SMILES string of the molecule is CN=C(NCCc1ccccc1)N1CCC(c2cnn(C)c2)C1. The summed E-state index contributed by atoms with van der Waals surface area (Å²) in [6.07, 6.45) is 6.28. The van der Waals surface area contributed by atoms with E-state index in [9.17, 15) is 0 Å². The van der Waals surface area contributed by atoms with Crippen molar-refractivity contribution in [3.8, 4) is 0 Å². The van der Waals surface area contributed by atoms with Crippen LogP contribution in [0.1, 0.15) is 23.5 Å². The van der Waals surface area contributed by atoms with Gasteiger partial charge in [-0.15, -0.1) is 0 Å². The number of benzene rings is 1. The molecule has 2 heterocycles. The molecule has 0 aliphatic carbocycles. The van der Waals surface area contributed by atoms with Crippen LogP contribution in [0, 0.1) is 0 Å². The van der Waals surface area contributed by atoms with E-state index in [4.69, 9.17) is 0 Å². The van der Waals surface area contributed by atoms with Gasteiger partial charge in [-0.2, -0.15) is 5.10 Å². The van der Waals surface area contributed by atoms with Crippen LogP contribution in [0.15, 0.2) is 47.7 Å². The molecular weight excluding hydrogens is 286 g/mol. The molecule has 2 aromatic rings. The third kappa shape index (κ3) is 3.92. The molecule has 1 aromatic carbocycles. The van der Waals surface area contributed by atoms with Crippen LogP contribution in [0.25, 0.3) is 0 Å². The Bertz CT molecular complexity index is 646. The van der Waals surface area contributed by atoms with Crippen LogP contribution < -0.4 is 5.32 Å². The Morgan fingerprint density at radius 1 is 1.35 bits per heavy atom. The molecule has 0 spiro atoms. The quantitative estimate of drug-likeness (QED) is 0.694. The number of hydrogen-bond donors (Lipinski definition) is 1. The molecule has 1 unspecified atom stereocenters. The van der Waals surface area contributed by atoms with Crippen LogP contribution in [0.5, 0.6) is 0 Å². The monoisotopic (exact) mass is 311 g/mol. The molecule has 5 heteroatoms. The molecule has 1 aliphatic heterocycles. The van der Waals surface area contributed by atoms with Gasteiger partial charge in [0, 0.05) is 45.8 Å². The highest BCUT2D eigenvalue weighted by atomic mass is 15.3. The molecule has 1 fully saturated rings. The Labute approximate surface area is 138 Å². The zero-order chi connectivity index (χ0) is 16.1. The van der Waals surface area contributed by atoms with E-state index in [0.29, 0.717) is 5.92 Å². The van der Waals surface area contributed by atoms with E-state index in [-0.39, 0.29) is 0 Å². The summed E-state index contributed by atoms with van der Waals surface area (Å²) in [4.78, 5) is 6.80. The molecule has 23 heavy (non-hydrogen) atoms. The highest BCUT2D eigenvalue weighted by Crippen LogP contribution is 2.26. The standard InChI is InChI=1S/C18H25N5/c1-19-18(20-10-8-15-6-4-3-5-7-15)23-11-9-16(14-23)17-12-21-22(2)13-17/h3-7,12-13,16H,8-11,14H2,1-2H3,(H,19,20). The van der Waals surface area contributed by atoms with Crippen molar-refractivity contribution in [3.05, 3.63) is 53.9 Å². The second kappa shape index (κ2) is 7.31. The lowest BCUT2D eigenvalue weighted by Crippen LogP contribution is -2.40. The van der Waals surface area contributed by atoms with Gasteiger partial charge >= 0.3 is 0 Å². The summed E-state index contributed by atoms with van der Waals surface area (Å²) >= 11 is 0. The second-order valence-corrected chi connectivity index (χ2v) is 6.09. The summed E-state index contributed by atoms with van der Waals surface area (Å²) < 4.78 is 1.88. The van der Waals surface area contributed by atoms with Crippen LogP contribution >= 0.6 is 0 Å². The Kier molecular flexibility index (Phi) is 4.95. The van der Waals surface area contributed by atoms with E-state index >= 15 is 0 Å². The van der Waals surface area contributed by atoms with Crippen molar-refractivity contribution < 1.29 is 0 Å². The van der Waals surface area contributed by atoms with E-state index in [2.05, 4.69) is 56.8 Å². The number of hydrogen-bond acceptors (Lipinski definition) is 2. The maximum absolute atomic E-state index is 4.45. The lowest BCUT2D eigenvalue weighted by atomic mass is 10.0. The first-order chi connectivity index (χ1) is 11.3. The number of aryl methyl sites for hydroxylation is 1. The van der Waals surface area contributed by atoms with Crippen LogP contribution in [0.3, 0.4) is 0 Å². The first-order valence-corrected chi connectivity index (χ1v) is 8.24. The van der Waals surface area contributed by atoms with E-state index < -0.39 is 0 Å². The van der Waals surface area contributed by atoms with Crippen molar-refractivity contribution in [1.82, 2.24) is 20.0 Å². The van der Waals surface area contributed by atoms with E-state index in [1.165, 1.54) is 11.1 Å². The molecule has 122 valence electrons. The molecule has 1 atom stereocenters. The minimum absolute atomic E-state index is 0.552. The summed E-state index contributed by atoms with van der Waals surface area (Å²) in [6.45, 7) is 2.96. The first-order valence-electron chi connectivity index (χ1n) is 8.24. The maximum atomic E-state index is 4.45. The van der Waals surface area contributed by atoms with Crippen molar-refractivity contribution in [2.24, 2.45) is 12.0 Å². The highest BCUT2D eigenvalue weighted by molar-refractivity contribution is 5.80. The van der Waals surface area contributed by atoms with Crippen LogP contribution in [0.4, 0.5) is 0 Å². The number of aromatic nitrogens is 2. The fraction of sp³-hybridized carbons (Fsp3) is 0.444.